The monoisotopic (exact) mass is 160 g/mol. The minimum atomic E-state index is 1.14. The number of aryl methyl sites for hydroxylation is 1. The minimum Gasteiger partial charge on any atom is -0.0991 e. The Bertz CT molecular complexity index is 203. The first kappa shape index (κ1) is 10.7. The molecule has 0 heterocycles. The van der Waals surface area contributed by atoms with Crippen LogP contribution < -0.4 is 0 Å². The zero-order chi connectivity index (χ0) is 9.23. The van der Waals surface area contributed by atoms with E-state index in [1.807, 2.05) is 6.07 Å². The quantitative estimate of drug-likeness (QED) is 0.580. The van der Waals surface area contributed by atoms with E-state index in [2.05, 4.69) is 44.3 Å². The Kier molecular flexibility index (Phi) is 6.96. The van der Waals surface area contributed by atoms with Gasteiger partial charge in [-0.25, -0.2) is 0 Å². The lowest BCUT2D eigenvalue weighted by molar-refractivity contribution is 1.14. The molecule has 1 aromatic rings. The second-order valence-electron chi connectivity index (χ2n) is 2.31. The topological polar surface area (TPSA) is 0 Å². The maximum Gasteiger partial charge on any atom is -0.0307 e. The van der Waals surface area contributed by atoms with Crippen molar-refractivity contribution in [1.29, 1.82) is 0 Å². The smallest absolute Gasteiger partial charge is 0.0307 e. The summed E-state index contributed by atoms with van der Waals surface area (Å²) in [6.45, 7) is 8.88. The van der Waals surface area contributed by atoms with E-state index in [0.717, 1.165) is 6.42 Å². The van der Waals surface area contributed by atoms with Crippen LogP contribution in [0.5, 0.6) is 0 Å². The molecule has 0 amide bonds. The van der Waals surface area contributed by atoms with E-state index in [9.17, 15) is 0 Å². The van der Waals surface area contributed by atoms with Crippen molar-refractivity contribution in [2.75, 3.05) is 0 Å². The number of hydrogen-bond donors (Lipinski definition) is 0. The van der Waals surface area contributed by atoms with Crippen molar-refractivity contribution >= 4 is 0 Å². The van der Waals surface area contributed by atoms with Gasteiger partial charge in [0.2, 0.25) is 0 Å². The van der Waals surface area contributed by atoms with Crippen molar-refractivity contribution in [2.24, 2.45) is 0 Å². The lowest BCUT2D eigenvalue weighted by atomic mass is 10.2. The van der Waals surface area contributed by atoms with Gasteiger partial charge < -0.3 is 0 Å². The Hall–Kier alpha value is -1.30. The molecular formula is C12H16. The molecule has 0 heteroatoms. The Labute approximate surface area is 75.2 Å². The van der Waals surface area contributed by atoms with Crippen LogP contribution in [0.4, 0.5) is 0 Å². The average molecular weight is 160 g/mol. The Morgan fingerprint density at radius 3 is 1.83 bits per heavy atom. The van der Waals surface area contributed by atoms with Crippen LogP contribution in [0.25, 0.3) is 0 Å². The van der Waals surface area contributed by atoms with Crippen molar-refractivity contribution < 1.29 is 0 Å². The second kappa shape index (κ2) is 7.80. The van der Waals surface area contributed by atoms with E-state index in [1.165, 1.54) is 5.56 Å². The van der Waals surface area contributed by atoms with Gasteiger partial charge in [0.05, 0.1) is 0 Å². The summed E-state index contributed by atoms with van der Waals surface area (Å²) in [5, 5.41) is 0. The molecule has 0 saturated carbocycles. The average Bonchev–Trinajstić information content (AvgIpc) is 2.19. The molecule has 0 radical (unpaired) electrons. The molecule has 0 aliphatic heterocycles. The van der Waals surface area contributed by atoms with E-state index in [0.29, 0.717) is 0 Å². The molecule has 0 aliphatic carbocycles. The third-order valence-corrected chi connectivity index (χ3v) is 1.42. The molecule has 0 nitrogen and oxygen atoms in total. The Morgan fingerprint density at radius 2 is 1.58 bits per heavy atom. The lowest BCUT2D eigenvalue weighted by Gasteiger charge is -1.89. The fourth-order valence-electron chi connectivity index (χ4n) is 0.714. The van der Waals surface area contributed by atoms with Gasteiger partial charge in [-0.05, 0) is 12.0 Å². The SMILES string of the molecule is C=CC=C.CCc1ccccc1. The molecule has 0 bridgehead atoms. The maximum absolute atomic E-state index is 3.36. The van der Waals surface area contributed by atoms with Gasteiger partial charge in [-0.1, -0.05) is 62.6 Å². The molecule has 0 spiro atoms. The number of benzene rings is 1. The highest BCUT2D eigenvalue weighted by molar-refractivity contribution is 5.13. The lowest BCUT2D eigenvalue weighted by Crippen LogP contribution is -1.73. The van der Waals surface area contributed by atoms with Crippen LogP contribution in [0.1, 0.15) is 12.5 Å². The van der Waals surface area contributed by atoms with Crippen LogP contribution in [-0.2, 0) is 6.42 Å². The number of allylic oxidation sites excluding steroid dienone is 2. The second-order valence-corrected chi connectivity index (χ2v) is 2.31. The summed E-state index contributed by atoms with van der Waals surface area (Å²) >= 11 is 0. The molecule has 0 atom stereocenters. The molecule has 0 saturated heterocycles. The van der Waals surface area contributed by atoms with Gasteiger partial charge in [-0.2, -0.15) is 0 Å². The number of rotatable bonds is 2. The molecule has 12 heavy (non-hydrogen) atoms. The van der Waals surface area contributed by atoms with Gasteiger partial charge >= 0.3 is 0 Å². The summed E-state index contributed by atoms with van der Waals surface area (Å²) in [6, 6.07) is 10.5. The first-order valence-corrected chi connectivity index (χ1v) is 4.12. The highest BCUT2D eigenvalue weighted by Gasteiger charge is 1.79. The molecule has 0 aromatic heterocycles. The molecule has 0 aliphatic rings. The summed E-state index contributed by atoms with van der Waals surface area (Å²) in [4.78, 5) is 0. The van der Waals surface area contributed by atoms with Crippen LogP contribution in [0.3, 0.4) is 0 Å². The van der Waals surface area contributed by atoms with Crippen molar-refractivity contribution in [3.63, 3.8) is 0 Å². The highest BCUT2D eigenvalue weighted by Crippen LogP contribution is 1.96. The third-order valence-electron chi connectivity index (χ3n) is 1.42. The summed E-state index contributed by atoms with van der Waals surface area (Å²) < 4.78 is 0. The summed E-state index contributed by atoms with van der Waals surface area (Å²) in [6.07, 6.45) is 4.42. The number of hydrogen-bond acceptors (Lipinski definition) is 0. The van der Waals surface area contributed by atoms with Gasteiger partial charge in [0, 0.05) is 0 Å². The molecule has 0 fully saturated rings. The van der Waals surface area contributed by atoms with Gasteiger partial charge in [0.15, 0.2) is 0 Å². The minimum absolute atomic E-state index is 1.14. The Balaban J connectivity index is 0.000000261. The Morgan fingerprint density at radius 1 is 1.08 bits per heavy atom. The third kappa shape index (κ3) is 5.48. The van der Waals surface area contributed by atoms with E-state index in [-0.39, 0.29) is 0 Å². The summed E-state index contributed by atoms with van der Waals surface area (Å²) in [5.74, 6) is 0. The zero-order valence-corrected chi connectivity index (χ0v) is 7.66. The summed E-state index contributed by atoms with van der Waals surface area (Å²) in [7, 11) is 0. The zero-order valence-electron chi connectivity index (χ0n) is 7.66. The molecular weight excluding hydrogens is 144 g/mol. The molecule has 1 rings (SSSR count). The molecule has 64 valence electrons. The van der Waals surface area contributed by atoms with E-state index >= 15 is 0 Å². The largest absolute Gasteiger partial charge is 0.0991 e. The van der Waals surface area contributed by atoms with Crippen molar-refractivity contribution in [3.05, 3.63) is 61.2 Å². The summed E-state index contributed by atoms with van der Waals surface area (Å²) in [5.41, 5.74) is 1.41. The van der Waals surface area contributed by atoms with E-state index < -0.39 is 0 Å². The van der Waals surface area contributed by atoms with Crippen LogP contribution in [0.2, 0.25) is 0 Å². The van der Waals surface area contributed by atoms with Gasteiger partial charge in [0.25, 0.3) is 0 Å². The normalized spacial score (nSPS) is 7.75. The van der Waals surface area contributed by atoms with Gasteiger partial charge in [-0.15, -0.1) is 0 Å². The van der Waals surface area contributed by atoms with E-state index in [1.54, 1.807) is 12.2 Å². The molecule has 1 aromatic carbocycles. The van der Waals surface area contributed by atoms with Crippen LogP contribution >= 0.6 is 0 Å². The van der Waals surface area contributed by atoms with Crippen LogP contribution in [0.15, 0.2) is 55.6 Å². The predicted molar refractivity (Wildman–Crippen MR) is 56.2 cm³/mol. The fourth-order valence-corrected chi connectivity index (χ4v) is 0.714. The maximum atomic E-state index is 3.36. The van der Waals surface area contributed by atoms with Crippen molar-refractivity contribution in [2.45, 2.75) is 13.3 Å². The van der Waals surface area contributed by atoms with Crippen molar-refractivity contribution in [1.82, 2.24) is 0 Å². The van der Waals surface area contributed by atoms with E-state index in [4.69, 9.17) is 0 Å². The van der Waals surface area contributed by atoms with Crippen LogP contribution in [0, 0.1) is 0 Å². The standard InChI is InChI=1S/C8H10.C4H6/c1-2-8-6-4-3-5-7-8;1-3-4-2/h3-7H,2H2,1H3;3-4H,1-2H2. The first-order valence-electron chi connectivity index (χ1n) is 4.12. The fraction of sp³-hybridized carbons (Fsp3) is 0.167. The van der Waals surface area contributed by atoms with Crippen molar-refractivity contribution in [3.8, 4) is 0 Å². The van der Waals surface area contributed by atoms with Gasteiger partial charge in [-0.3, -0.25) is 0 Å². The molecule has 0 N–H and O–H groups in total. The highest BCUT2D eigenvalue weighted by atomic mass is 13.9. The van der Waals surface area contributed by atoms with Crippen LogP contribution in [-0.4, -0.2) is 0 Å². The predicted octanol–water partition coefficient (Wildman–Crippen LogP) is 3.61. The molecule has 0 unspecified atom stereocenters. The first-order chi connectivity index (χ1) is 5.85. The van der Waals surface area contributed by atoms with Gasteiger partial charge in [0.1, 0.15) is 0 Å².